The van der Waals surface area contributed by atoms with Gasteiger partial charge in [0.15, 0.2) is 0 Å². The number of rotatable bonds is 5. The zero-order valence-electron chi connectivity index (χ0n) is 10.5. The first-order valence-electron chi connectivity index (χ1n) is 5.84. The maximum Gasteiger partial charge on any atom is 0.135 e. The van der Waals surface area contributed by atoms with Crippen LogP contribution in [0.2, 0.25) is 0 Å². The van der Waals surface area contributed by atoms with E-state index in [4.69, 9.17) is 18.0 Å². The molecule has 0 radical (unpaired) electrons. The van der Waals surface area contributed by atoms with Gasteiger partial charge in [-0.15, -0.1) is 0 Å². The minimum absolute atomic E-state index is 0.107. The minimum atomic E-state index is -0.354. The zero-order chi connectivity index (χ0) is 13.0. The smallest absolute Gasteiger partial charge is 0.135 e. The summed E-state index contributed by atoms with van der Waals surface area (Å²) in [6, 6.07) is 5.30. The van der Waals surface area contributed by atoms with Crippen LogP contribution in [0.3, 0.4) is 0 Å². The van der Waals surface area contributed by atoms with Gasteiger partial charge in [0.2, 0.25) is 0 Å². The third kappa shape index (κ3) is 2.94. The van der Waals surface area contributed by atoms with Crippen LogP contribution in [0.25, 0.3) is 0 Å². The fraction of sp³-hybridized carbons (Fsp3) is 0.462. The average Bonchev–Trinajstić information content (AvgIpc) is 2.29. The van der Waals surface area contributed by atoms with Crippen LogP contribution >= 0.6 is 12.2 Å². The van der Waals surface area contributed by atoms with E-state index >= 15 is 0 Å². The Morgan fingerprint density at radius 3 is 2.47 bits per heavy atom. The Hall–Kier alpha value is -1.16. The highest BCUT2D eigenvalue weighted by Crippen LogP contribution is 2.25. The van der Waals surface area contributed by atoms with Crippen LogP contribution in [-0.2, 0) is 0 Å². The highest BCUT2D eigenvalue weighted by atomic mass is 32.1. The van der Waals surface area contributed by atoms with Gasteiger partial charge in [-0.2, -0.15) is 0 Å². The Morgan fingerprint density at radius 1 is 1.41 bits per heavy atom. The van der Waals surface area contributed by atoms with Gasteiger partial charge in [0.05, 0.1) is 5.56 Å². The fourth-order valence-corrected chi connectivity index (χ4v) is 2.29. The highest BCUT2D eigenvalue weighted by Gasteiger charge is 2.18. The van der Waals surface area contributed by atoms with E-state index in [1.54, 1.807) is 6.07 Å². The average molecular weight is 254 g/mol. The van der Waals surface area contributed by atoms with E-state index in [9.17, 15) is 4.39 Å². The molecule has 1 rings (SSSR count). The van der Waals surface area contributed by atoms with Crippen molar-refractivity contribution in [3.05, 3.63) is 29.6 Å². The lowest BCUT2D eigenvalue weighted by Gasteiger charge is -2.30. The summed E-state index contributed by atoms with van der Waals surface area (Å²) in [6.07, 6.45) is 2.00. The van der Waals surface area contributed by atoms with Crippen molar-refractivity contribution in [1.82, 2.24) is 0 Å². The number of benzene rings is 1. The van der Waals surface area contributed by atoms with Crippen LogP contribution in [0.5, 0.6) is 0 Å². The summed E-state index contributed by atoms with van der Waals surface area (Å²) < 4.78 is 13.7. The molecule has 2 N–H and O–H groups in total. The van der Waals surface area contributed by atoms with E-state index in [2.05, 4.69) is 18.7 Å². The van der Waals surface area contributed by atoms with Crippen molar-refractivity contribution in [2.24, 2.45) is 5.73 Å². The van der Waals surface area contributed by atoms with Crippen LogP contribution in [0, 0.1) is 5.82 Å². The van der Waals surface area contributed by atoms with Crippen molar-refractivity contribution in [2.75, 3.05) is 11.9 Å². The van der Waals surface area contributed by atoms with Crippen molar-refractivity contribution < 1.29 is 4.39 Å². The molecule has 0 spiro atoms. The monoisotopic (exact) mass is 254 g/mol. The molecule has 94 valence electrons. The molecule has 1 aromatic rings. The van der Waals surface area contributed by atoms with E-state index in [-0.39, 0.29) is 10.8 Å². The standard InChI is InChI=1S/C13H19FN2S/c1-4-9(5-2)16(3)11-8-6-7-10(14)12(11)13(15)17/h6-9H,4-5H2,1-3H3,(H2,15,17). The van der Waals surface area contributed by atoms with E-state index in [0.717, 1.165) is 18.5 Å². The SMILES string of the molecule is CCC(CC)N(C)c1cccc(F)c1C(N)=S. The highest BCUT2D eigenvalue weighted by molar-refractivity contribution is 7.80. The molecule has 0 amide bonds. The molecule has 1 aromatic carbocycles. The number of hydrogen-bond acceptors (Lipinski definition) is 2. The van der Waals surface area contributed by atoms with E-state index < -0.39 is 0 Å². The predicted molar refractivity (Wildman–Crippen MR) is 75.1 cm³/mol. The second-order valence-electron chi connectivity index (χ2n) is 4.08. The summed E-state index contributed by atoms with van der Waals surface area (Å²) in [4.78, 5) is 2.16. The van der Waals surface area contributed by atoms with Gasteiger partial charge in [-0.1, -0.05) is 32.1 Å². The summed E-state index contributed by atoms with van der Waals surface area (Å²) in [6.45, 7) is 4.23. The quantitative estimate of drug-likeness (QED) is 0.819. The molecule has 17 heavy (non-hydrogen) atoms. The van der Waals surface area contributed by atoms with Crippen LogP contribution in [0.15, 0.2) is 18.2 Å². The molecule has 0 aromatic heterocycles. The molecular weight excluding hydrogens is 235 g/mol. The van der Waals surface area contributed by atoms with Gasteiger partial charge in [0, 0.05) is 18.8 Å². The molecular formula is C13H19FN2S. The molecule has 0 bridgehead atoms. The number of thiocarbonyl (C=S) groups is 1. The Kier molecular flexibility index (Phi) is 4.87. The Balaban J connectivity index is 3.21. The second-order valence-corrected chi connectivity index (χ2v) is 4.52. The summed E-state index contributed by atoms with van der Waals surface area (Å²) in [5.41, 5.74) is 6.72. The van der Waals surface area contributed by atoms with Gasteiger partial charge in [0.25, 0.3) is 0 Å². The van der Waals surface area contributed by atoms with Crippen molar-refractivity contribution in [3.8, 4) is 0 Å². The number of anilines is 1. The molecule has 2 nitrogen and oxygen atoms in total. The Labute approximate surface area is 108 Å². The van der Waals surface area contributed by atoms with Crippen molar-refractivity contribution in [1.29, 1.82) is 0 Å². The molecule has 0 saturated carbocycles. The number of nitrogens with zero attached hydrogens (tertiary/aromatic N) is 1. The molecule has 0 aliphatic heterocycles. The van der Waals surface area contributed by atoms with Gasteiger partial charge in [-0.05, 0) is 25.0 Å². The maximum absolute atomic E-state index is 13.7. The van der Waals surface area contributed by atoms with E-state index in [1.165, 1.54) is 6.07 Å². The van der Waals surface area contributed by atoms with Gasteiger partial charge < -0.3 is 10.6 Å². The minimum Gasteiger partial charge on any atom is -0.389 e. The lowest BCUT2D eigenvalue weighted by molar-refractivity contribution is 0.585. The van der Waals surface area contributed by atoms with E-state index in [1.807, 2.05) is 13.1 Å². The summed E-state index contributed by atoms with van der Waals surface area (Å²) >= 11 is 4.93. The van der Waals surface area contributed by atoms with Gasteiger partial charge in [-0.25, -0.2) is 4.39 Å². The predicted octanol–water partition coefficient (Wildman–Crippen LogP) is 3.08. The summed E-state index contributed by atoms with van der Waals surface area (Å²) in [7, 11) is 1.95. The van der Waals surface area contributed by atoms with Gasteiger partial charge in [-0.3, -0.25) is 0 Å². The van der Waals surface area contributed by atoms with Crippen molar-refractivity contribution >= 4 is 22.9 Å². The number of halogens is 1. The lowest BCUT2D eigenvalue weighted by Crippen LogP contribution is -2.32. The maximum atomic E-state index is 13.7. The third-order valence-corrected chi connectivity index (χ3v) is 3.31. The normalized spacial score (nSPS) is 10.6. The lowest BCUT2D eigenvalue weighted by atomic mass is 10.1. The summed E-state index contributed by atoms with van der Waals surface area (Å²) in [5, 5.41) is 0. The molecule has 0 atom stereocenters. The van der Waals surface area contributed by atoms with Crippen molar-refractivity contribution in [3.63, 3.8) is 0 Å². The molecule has 0 fully saturated rings. The first-order valence-corrected chi connectivity index (χ1v) is 6.24. The van der Waals surface area contributed by atoms with Crippen molar-refractivity contribution in [2.45, 2.75) is 32.7 Å². The molecule has 0 saturated heterocycles. The van der Waals surface area contributed by atoms with Gasteiger partial charge >= 0.3 is 0 Å². The number of hydrogen-bond donors (Lipinski definition) is 1. The molecule has 0 aliphatic rings. The zero-order valence-corrected chi connectivity index (χ0v) is 11.4. The van der Waals surface area contributed by atoms with Crippen LogP contribution in [0.4, 0.5) is 10.1 Å². The molecule has 0 unspecified atom stereocenters. The van der Waals surface area contributed by atoms with E-state index in [0.29, 0.717) is 11.6 Å². The Morgan fingerprint density at radius 2 is 2.00 bits per heavy atom. The Bertz CT molecular complexity index is 402. The molecule has 0 aliphatic carbocycles. The van der Waals surface area contributed by atoms with Crippen LogP contribution < -0.4 is 10.6 Å². The summed E-state index contributed by atoms with van der Waals surface area (Å²) in [5.74, 6) is -0.354. The third-order valence-electron chi connectivity index (χ3n) is 3.11. The second kappa shape index (κ2) is 5.96. The number of nitrogens with two attached hydrogens (primary N) is 1. The van der Waals surface area contributed by atoms with Crippen LogP contribution in [0.1, 0.15) is 32.3 Å². The molecule has 0 heterocycles. The molecule has 4 heteroatoms. The topological polar surface area (TPSA) is 29.3 Å². The first kappa shape index (κ1) is 13.9. The fourth-order valence-electron chi connectivity index (χ4n) is 2.08. The van der Waals surface area contributed by atoms with Crippen LogP contribution in [-0.4, -0.2) is 18.1 Å². The van der Waals surface area contributed by atoms with Gasteiger partial charge in [0.1, 0.15) is 10.8 Å². The first-order chi connectivity index (χ1) is 8.02. The largest absolute Gasteiger partial charge is 0.389 e.